The van der Waals surface area contributed by atoms with E-state index in [9.17, 15) is 18.8 Å². The van der Waals surface area contributed by atoms with Gasteiger partial charge in [-0.2, -0.15) is 0 Å². The van der Waals surface area contributed by atoms with Gasteiger partial charge < -0.3 is 4.74 Å². The quantitative estimate of drug-likeness (QED) is 0.482. The molecule has 7 heteroatoms. The van der Waals surface area contributed by atoms with Crippen molar-refractivity contribution >= 4 is 39.3 Å². The Morgan fingerprint density at radius 3 is 2.79 bits per heavy atom. The van der Waals surface area contributed by atoms with Crippen LogP contribution in [0.1, 0.15) is 17.3 Å². The molecule has 0 fully saturated rings. The Hall–Kier alpha value is -1.76. The largest absolute Gasteiger partial charge is 0.462 e. The summed E-state index contributed by atoms with van der Waals surface area (Å²) in [7, 11) is 0. The first kappa shape index (κ1) is 13.7. The third-order valence-electron chi connectivity index (χ3n) is 2.58. The second kappa shape index (κ2) is 5.08. The number of amides is 1. The molecule has 5 nitrogen and oxygen atoms in total. The molecule has 0 N–H and O–H groups in total. The second-order valence-electron chi connectivity index (χ2n) is 3.75. The van der Waals surface area contributed by atoms with Gasteiger partial charge in [-0.05, 0) is 25.1 Å². The number of carbonyl (C=O) groups is 3. The maximum atomic E-state index is 14.0. The fraction of sp³-hybridized carbons (Fsp3) is 0.250. The highest BCUT2D eigenvalue weighted by Gasteiger charge is 2.43. The molecule has 0 radical (unpaired) electrons. The highest BCUT2D eigenvalue weighted by Crippen LogP contribution is 2.33. The zero-order chi connectivity index (χ0) is 14.2. The van der Waals surface area contributed by atoms with E-state index < -0.39 is 24.0 Å². The highest BCUT2D eigenvalue weighted by molar-refractivity contribution is 9.10. The molecule has 100 valence electrons. The first-order valence-corrected chi connectivity index (χ1v) is 6.24. The Balaban J connectivity index is 2.41. The lowest BCUT2D eigenvalue weighted by Crippen LogP contribution is -2.42. The first-order chi connectivity index (χ1) is 8.97. The van der Waals surface area contributed by atoms with E-state index in [0.29, 0.717) is 9.37 Å². The fourth-order valence-electron chi connectivity index (χ4n) is 1.78. The standard InChI is InChI=1S/C12H9BrFNO4/c1-2-19-12(18)10(14)15-8-4-3-6(13)5-7(8)9(16)11(15)17/h3-5,10H,2H2,1H3. The van der Waals surface area contributed by atoms with E-state index in [1.54, 1.807) is 6.07 Å². The van der Waals surface area contributed by atoms with Gasteiger partial charge in [0.05, 0.1) is 17.9 Å². The number of esters is 1. The van der Waals surface area contributed by atoms with Crippen LogP contribution in [0.15, 0.2) is 22.7 Å². The summed E-state index contributed by atoms with van der Waals surface area (Å²) in [6.07, 6.45) is -2.32. The number of alkyl halides is 1. The molecule has 1 atom stereocenters. The van der Waals surface area contributed by atoms with Gasteiger partial charge >= 0.3 is 11.9 Å². The number of anilines is 1. The lowest BCUT2D eigenvalue weighted by molar-refractivity contribution is -0.150. The summed E-state index contributed by atoms with van der Waals surface area (Å²) in [6, 6.07) is 4.36. The topological polar surface area (TPSA) is 63.7 Å². The van der Waals surface area contributed by atoms with E-state index in [0.717, 1.165) is 0 Å². The summed E-state index contributed by atoms with van der Waals surface area (Å²) < 4.78 is 19.1. The van der Waals surface area contributed by atoms with Crippen molar-refractivity contribution in [2.45, 2.75) is 13.2 Å². The van der Waals surface area contributed by atoms with Crippen LogP contribution in [0.4, 0.5) is 10.1 Å². The second-order valence-corrected chi connectivity index (χ2v) is 4.67. The van der Waals surface area contributed by atoms with E-state index in [1.807, 2.05) is 0 Å². The average molecular weight is 330 g/mol. The maximum Gasteiger partial charge on any atom is 0.362 e. The minimum atomic E-state index is -2.32. The van der Waals surface area contributed by atoms with Crippen molar-refractivity contribution in [2.24, 2.45) is 0 Å². The van der Waals surface area contributed by atoms with Crippen molar-refractivity contribution in [1.29, 1.82) is 0 Å². The van der Waals surface area contributed by atoms with Crippen molar-refractivity contribution in [1.82, 2.24) is 0 Å². The molecule has 1 aliphatic rings. The summed E-state index contributed by atoms with van der Waals surface area (Å²) >= 11 is 3.16. The Morgan fingerprint density at radius 2 is 2.16 bits per heavy atom. The third kappa shape index (κ3) is 2.25. The Kier molecular flexibility index (Phi) is 3.66. The number of carbonyl (C=O) groups excluding carboxylic acids is 3. The first-order valence-electron chi connectivity index (χ1n) is 5.45. The molecule has 0 bridgehead atoms. The molecule has 0 aromatic heterocycles. The smallest absolute Gasteiger partial charge is 0.362 e. The molecule has 19 heavy (non-hydrogen) atoms. The number of Topliss-reactive ketones (excluding diaryl/α,β-unsaturated/α-hetero) is 1. The summed E-state index contributed by atoms with van der Waals surface area (Å²) in [6.45, 7) is 1.51. The minimum absolute atomic E-state index is 0.0115. The summed E-state index contributed by atoms with van der Waals surface area (Å²) in [5.74, 6) is -3.11. The van der Waals surface area contributed by atoms with Crippen LogP contribution in [-0.4, -0.2) is 30.6 Å². The summed E-state index contributed by atoms with van der Waals surface area (Å²) in [5.41, 5.74) is 0.130. The monoisotopic (exact) mass is 329 g/mol. The molecular formula is C12H9BrFNO4. The van der Waals surface area contributed by atoms with Crippen molar-refractivity contribution in [3.8, 4) is 0 Å². The van der Waals surface area contributed by atoms with E-state index in [2.05, 4.69) is 20.7 Å². The maximum absolute atomic E-state index is 14.0. The number of nitrogens with zero attached hydrogens (tertiary/aromatic N) is 1. The van der Waals surface area contributed by atoms with Gasteiger partial charge in [-0.1, -0.05) is 15.9 Å². The number of rotatable bonds is 3. The molecule has 1 heterocycles. The highest BCUT2D eigenvalue weighted by atomic mass is 79.9. The van der Waals surface area contributed by atoms with Crippen molar-refractivity contribution in [3.63, 3.8) is 0 Å². The molecular weight excluding hydrogens is 321 g/mol. The number of ether oxygens (including phenoxy) is 1. The number of benzene rings is 1. The van der Waals surface area contributed by atoms with Crippen LogP contribution >= 0.6 is 15.9 Å². The average Bonchev–Trinajstić information content (AvgIpc) is 2.62. The fourth-order valence-corrected chi connectivity index (χ4v) is 2.14. The lowest BCUT2D eigenvalue weighted by Gasteiger charge is -2.19. The van der Waals surface area contributed by atoms with Gasteiger partial charge in [0.1, 0.15) is 0 Å². The minimum Gasteiger partial charge on any atom is -0.462 e. The number of hydrogen-bond acceptors (Lipinski definition) is 4. The SMILES string of the molecule is CCOC(=O)C(F)N1C(=O)C(=O)c2cc(Br)ccc21. The van der Waals surface area contributed by atoms with E-state index >= 15 is 0 Å². The van der Waals surface area contributed by atoms with E-state index in [-0.39, 0.29) is 17.9 Å². The molecule has 1 aromatic rings. The van der Waals surface area contributed by atoms with Crippen molar-refractivity contribution in [2.75, 3.05) is 11.5 Å². The van der Waals surface area contributed by atoms with Crippen molar-refractivity contribution < 1.29 is 23.5 Å². The Morgan fingerprint density at radius 1 is 1.47 bits per heavy atom. The Labute approximate surface area is 116 Å². The molecule has 0 aliphatic carbocycles. The van der Waals surface area contributed by atoms with Crippen LogP contribution in [0.5, 0.6) is 0 Å². The van der Waals surface area contributed by atoms with Gasteiger partial charge in [-0.3, -0.25) is 14.5 Å². The van der Waals surface area contributed by atoms with Gasteiger partial charge in [-0.15, -0.1) is 0 Å². The molecule has 1 unspecified atom stereocenters. The summed E-state index contributed by atoms with van der Waals surface area (Å²) in [4.78, 5) is 35.3. The molecule has 0 saturated carbocycles. The van der Waals surface area contributed by atoms with Crippen LogP contribution in [0.3, 0.4) is 0 Å². The van der Waals surface area contributed by atoms with Crippen LogP contribution in [-0.2, 0) is 14.3 Å². The van der Waals surface area contributed by atoms with Crippen LogP contribution in [0, 0.1) is 0 Å². The normalized spacial score (nSPS) is 15.4. The molecule has 0 saturated heterocycles. The van der Waals surface area contributed by atoms with Gasteiger partial charge in [-0.25, -0.2) is 9.18 Å². The van der Waals surface area contributed by atoms with Crippen LogP contribution < -0.4 is 4.90 Å². The Bertz CT molecular complexity index is 575. The predicted octanol–water partition coefficient (Wildman–Crippen LogP) is 1.84. The number of ketones is 1. The number of hydrogen-bond donors (Lipinski definition) is 0. The number of halogens is 2. The van der Waals surface area contributed by atoms with Gasteiger partial charge in [0.2, 0.25) is 0 Å². The third-order valence-corrected chi connectivity index (χ3v) is 3.08. The molecule has 1 aliphatic heterocycles. The molecule has 1 amide bonds. The zero-order valence-electron chi connectivity index (χ0n) is 9.85. The predicted molar refractivity (Wildman–Crippen MR) is 67.5 cm³/mol. The van der Waals surface area contributed by atoms with Crippen LogP contribution in [0.25, 0.3) is 0 Å². The molecule has 1 aromatic carbocycles. The summed E-state index contributed by atoms with van der Waals surface area (Å²) in [5, 5.41) is 0. The van der Waals surface area contributed by atoms with E-state index in [1.165, 1.54) is 19.1 Å². The lowest BCUT2D eigenvalue weighted by atomic mass is 10.1. The number of fused-ring (bicyclic) bond motifs is 1. The van der Waals surface area contributed by atoms with E-state index in [4.69, 9.17) is 0 Å². The molecule has 2 rings (SSSR count). The van der Waals surface area contributed by atoms with Gasteiger partial charge in [0.15, 0.2) is 0 Å². The van der Waals surface area contributed by atoms with Crippen molar-refractivity contribution in [3.05, 3.63) is 28.2 Å². The zero-order valence-corrected chi connectivity index (χ0v) is 11.4. The van der Waals surface area contributed by atoms with Gasteiger partial charge in [0.25, 0.3) is 12.1 Å². The van der Waals surface area contributed by atoms with Crippen LogP contribution in [0.2, 0.25) is 0 Å². The van der Waals surface area contributed by atoms with Gasteiger partial charge in [0, 0.05) is 4.47 Å². The molecule has 0 spiro atoms.